The van der Waals surface area contributed by atoms with Gasteiger partial charge in [0.15, 0.2) is 0 Å². The fraction of sp³-hybridized carbons (Fsp3) is 0.750. The molecule has 0 atom stereocenters. The Balaban J connectivity index is 5.17. The van der Waals surface area contributed by atoms with E-state index in [1.807, 2.05) is 12.2 Å². The van der Waals surface area contributed by atoms with Crippen molar-refractivity contribution >= 4 is 8.32 Å². The topological polar surface area (TPSA) is 9.23 Å². The molecule has 0 saturated heterocycles. The second-order valence-corrected chi connectivity index (χ2v) is 11.5. The lowest BCUT2D eigenvalue weighted by Crippen LogP contribution is -2.50. The smallest absolute Gasteiger partial charge is 0.200 e. The number of rotatable bonds is 9. The summed E-state index contributed by atoms with van der Waals surface area (Å²) in [6.07, 6.45) is 6.04. The maximum atomic E-state index is 6.70. The van der Waals surface area contributed by atoms with Crippen LogP contribution in [0, 0.1) is 0 Å². The molecule has 0 aliphatic rings. The van der Waals surface area contributed by atoms with Gasteiger partial charge in [-0.15, -0.1) is 13.2 Å². The van der Waals surface area contributed by atoms with Crippen molar-refractivity contribution in [2.45, 2.75) is 77.1 Å². The summed E-state index contributed by atoms with van der Waals surface area (Å²) in [5, 5.41) is 0. The van der Waals surface area contributed by atoms with Gasteiger partial charge in [-0.3, -0.25) is 0 Å². The highest BCUT2D eigenvalue weighted by Crippen LogP contribution is 2.43. The maximum absolute atomic E-state index is 6.70. The highest BCUT2D eigenvalue weighted by atomic mass is 28.4. The Morgan fingerprint density at radius 1 is 0.833 bits per heavy atom. The minimum Gasteiger partial charge on any atom is -0.413 e. The van der Waals surface area contributed by atoms with Crippen LogP contribution in [-0.2, 0) is 4.43 Å². The zero-order chi connectivity index (χ0) is 14.3. The second-order valence-electron chi connectivity index (χ2n) is 6.11. The summed E-state index contributed by atoms with van der Waals surface area (Å²) < 4.78 is 6.70. The van der Waals surface area contributed by atoms with Gasteiger partial charge in [0.05, 0.1) is 6.10 Å². The Morgan fingerprint density at radius 2 is 1.17 bits per heavy atom. The summed E-state index contributed by atoms with van der Waals surface area (Å²) in [5.74, 6) is 0. The molecule has 1 nitrogen and oxygen atoms in total. The first-order chi connectivity index (χ1) is 8.32. The summed E-state index contributed by atoms with van der Waals surface area (Å²) in [6.45, 7) is 21.6. The minimum absolute atomic E-state index is 0.263. The van der Waals surface area contributed by atoms with Crippen molar-refractivity contribution in [2.24, 2.45) is 0 Å². The minimum atomic E-state index is -1.76. The van der Waals surface area contributed by atoms with Crippen molar-refractivity contribution in [3.05, 3.63) is 25.3 Å². The Morgan fingerprint density at radius 3 is 1.39 bits per heavy atom. The molecular weight excluding hydrogens is 236 g/mol. The van der Waals surface area contributed by atoms with E-state index in [1.165, 1.54) is 0 Å². The van der Waals surface area contributed by atoms with E-state index < -0.39 is 8.32 Å². The average molecular weight is 269 g/mol. The van der Waals surface area contributed by atoms with Gasteiger partial charge in [-0.2, -0.15) is 0 Å². The molecule has 0 aromatic rings. The Hall–Kier alpha value is -0.343. The highest BCUT2D eigenvalue weighted by molar-refractivity contribution is 6.77. The largest absolute Gasteiger partial charge is 0.413 e. The molecule has 0 N–H and O–H groups in total. The van der Waals surface area contributed by atoms with Crippen molar-refractivity contribution < 1.29 is 4.43 Å². The van der Waals surface area contributed by atoms with Crippen molar-refractivity contribution in [3.63, 3.8) is 0 Å². The van der Waals surface area contributed by atoms with Gasteiger partial charge in [0.2, 0.25) is 8.32 Å². The lowest BCUT2D eigenvalue weighted by atomic mass is 10.2. The van der Waals surface area contributed by atoms with Crippen LogP contribution in [0.2, 0.25) is 16.6 Å². The van der Waals surface area contributed by atoms with Crippen LogP contribution < -0.4 is 0 Å². The van der Waals surface area contributed by atoms with Gasteiger partial charge in [-0.1, -0.05) is 53.7 Å². The third-order valence-electron chi connectivity index (χ3n) is 3.94. The molecule has 0 rings (SSSR count). The first-order valence-corrected chi connectivity index (χ1v) is 9.36. The van der Waals surface area contributed by atoms with E-state index in [-0.39, 0.29) is 6.10 Å². The van der Waals surface area contributed by atoms with Crippen LogP contribution in [0.5, 0.6) is 0 Å². The fourth-order valence-corrected chi connectivity index (χ4v) is 8.85. The van der Waals surface area contributed by atoms with Crippen molar-refractivity contribution in [2.75, 3.05) is 0 Å². The van der Waals surface area contributed by atoms with E-state index in [9.17, 15) is 0 Å². The van der Waals surface area contributed by atoms with E-state index in [0.717, 1.165) is 12.8 Å². The van der Waals surface area contributed by atoms with Crippen LogP contribution in [0.15, 0.2) is 25.3 Å². The summed E-state index contributed by atoms with van der Waals surface area (Å²) in [6, 6.07) is 0. The molecule has 0 bridgehead atoms. The zero-order valence-electron chi connectivity index (χ0n) is 13.2. The molecule has 0 spiro atoms. The van der Waals surface area contributed by atoms with E-state index in [1.54, 1.807) is 0 Å². The molecule has 0 heterocycles. The molecule has 0 unspecified atom stereocenters. The summed E-state index contributed by atoms with van der Waals surface area (Å²) in [4.78, 5) is 0. The van der Waals surface area contributed by atoms with Gasteiger partial charge >= 0.3 is 0 Å². The number of hydrogen-bond donors (Lipinski definition) is 0. The van der Waals surface area contributed by atoms with E-state index in [2.05, 4.69) is 54.7 Å². The van der Waals surface area contributed by atoms with E-state index >= 15 is 0 Å². The Labute approximate surface area is 115 Å². The van der Waals surface area contributed by atoms with Crippen LogP contribution in [0.1, 0.15) is 54.4 Å². The van der Waals surface area contributed by atoms with Crippen molar-refractivity contribution in [1.82, 2.24) is 0 Å². The molecular formula is C16H32OSi. The molecule has 0 aliphatic carbocycles. The summed E-state index contributed by atoms with van der Waals surface area (Å²) >= 11 is 0. The first-order valence-electron chi connectivity index (χ1n) is 7.22. The predicted molar refractivity (Wildman–Crippen MR) is 85.5 cm³/mol. The standard InChI is InChI=1S/C16H32OSi/c1-9-11-16(12-10-2)17-18(13(3)4,14(5)6)15(7)8/h9-10,13-16H,1-2,11-12H2,3-8H3. The summed E-state index contributed by atoms with van der Waals surface area (Å²) in [7, 11) is -1.76. The fourth-order valence-electron chi connectivity index (χ4n) is 3.26. The third kappa shape index (κ3) is 4.10. The third-order valence-corrected chi connectivity index (χ3v) is 10.1. The quantitative estimate of drug-likeness (QED) is 0.385. The monoisotopic (exact) mass is 268 g/mol. The molecule has 0 aromatic heterocycles. The van der Waals surface area contributed by atoms with Gasteiger partial charge in [-0.25, -0.2) is 0 Å². The highest BCUT2D eigenvalue weighted by Gasteiger charge is 2.46. The van der Waals surface area contributed by atoms with Crippen LogP contribution in [0.3, 0.4) is 0 Å². The first kappa shape index (κ1) is 17.7. The van der Waals surface area contributed by atoms with Crippen LogP contribution in [0.4, 0.5) is 0 Å². The predicted octanol–water partition coefficient (Wildman–Crippen LogP) is 5.70. The van der Waals surface area contributed by atoms with Gasteiger partial charge in [-0.05, 0) is 29.5 Å². The van der Waals surface area contributed by atoms with Crippen LogP contribution in [-0.4, -0.2) is 14.4 Å². The summed E-state index contributed by atoms with van der Waals surface area (Å²) in [5.41, 5.74) is 1.90. The normalized spacial score (nSPS) is 12.8. The maximum Gasteiger partial charge on any atom is 0.200 e. The molecule has 0 saturated carbocycles. The molecule has 0 amide bonds. The van der Waals surface area contributed by atoms with Crippen LogP contribution in [0.25, 0.3) is 0 Å². The van der Waals surface area contributed by atoms with Gasteiger partial charge in [0.1, 0.15) is 0 Å². The van der Waals surface area contributed by atoms with Gasteiger partial charge in [0, 0.05) is 0 Å². The molecule has 2 heteroatoms. The number of hydrogen-bond acceptors (Lipinski definition) is 1. The van der Waals surface area contributed by atoms with E-state index in [4.69, 9.17) is 4.43 Å². The van der Waals surface area contributed by atoms with Crippen molar-refractivity contribution in [1.29, 1.82) is 0 Å². The molecule has 106 valence electrons. The zero-order valence-corrected chi connectivity index (χ0v) is 14.2. The van der Waals surface area contributed by atoms with Gasteiger partial charge < -0.3 is 4.43 Å². The lowest BCUT2D eigenvalue weighted by Gasteiger charge is -2.44. The van der Waals surface area contributed by atoms with Gasteiger partial charge in [0.25, 0.3) is 0 Å². The Kier molecular flexibility index (Phi) is 7.80. The lowest BCUT2D eigenvalue weighted by molar-refractivity contribution is 0.179. The molecule has 18 heavy (non-hydrogen) atoms. The molecule has 0 fully saturated rings. The van der Waals surface area contributed by atoms with Crippen molar-refractivity contribution in [3.8, 4) is 0 Å². The molecule has 0 aliphatic heterocycles. The van der Waals surface area contributed by atoms with E-state index in [0.29, 0.717) is 16.6 Å². The second kappa shape index (κ2) is 7.95. The van der Waals surface area contributed by atoms with Crippen LogP contribution >= 0.6 is 0 Å². The average Bonchev–Trinajstić information content (AvgIpc) is 2.24. The molecule has 0 aromatic carbocycles. The molecule has 0 radical (unpaired) electrons. The SMILES string of the molecule is C=CCC(CC=C)O[Si](C(C)C)(C(C)C)C(C)C. The Bertz CT molecular complexity index is 224.